The Hall–Kier alpha value is -15.3. The standard InChI is InChI=1S/C93H141N31O23S/c1-47-61(44-92(141)71(145-81(139)52-27-14-9-15-28-52)69-91(6,62(127)43-63-93(69,147-63)146-49(3)126)70(129)67(142-48(2)125)65(47)90(92,4)5)143-82(140)68(66(50-23-10-7-11-24-50)124-73(131)51-25-12-8-13-26-51)144-64(128)46-148-45-53(94)74(132)118-55(30-17-37-111-84(98)99)76(134)120-57(32-19-39-113-86(102)103)78(136)122-59(34-21-41-115-88(106)107)80(138)123-60(35-22-42-116-89(108)109)79(137)121-58(33-20-40-114-87(104)105)77(135)119-56(31-18-38-112-85(100)101)75(133)117-54(72(95)130)29-16-36-110-83(96)97/h7-15,23-28,53-63,66-69,71,127,141H,16-22,29-46,94H2,1-6H3,(H2,95,130)(H,117,133)(H,118,132)(H,119,135)(H,120,134)(H,121,137)(H,122,136)(H,123,138)(H,124,131)(H4,96,97,110)(H4,98,99,111)(H4,100,101,112)(H4,102,103,113)(H4,104,105,114)(H4,106,107,115)(H4,108,109,116)/t53-,54+,55+,56+,57+,58+,59+,60+,61-,62-,63+,66-,67+,68+,69-,71-,91+,92+,93+/m0/s1. The number of aliphatic hydroxyl groups is 2. The highest BCUT2D eigenvalue weighted by Crippen LogP contribution is 2.67. The van der Waals surface area contributed by atoms with Crippen LogP contribution in [0.25, 0.3) is 0 Å². The molecule has 0 unspecified atom stereocenters. The smallest absolute Gasteiger partial charge is 0.350 e. The molecule has 4 aliphatic rings. The number of esters is 5. The van der Waals surface area contributed by atoms with Crippen molar-refractivity contribution in [3.05, 3.63) is 119 Å². The van der Waals surface area contributed by atoms with Gasteiger partial charge < -0.3 is 170 Å². The second-order valence-corrected chi connectivity index (χ2v) is 37.8. The number of carbonyl (C=O) groups excluding carboxylic acids is 15. The molecule has 42 N–H and O–H groups in total. The van der Waals surface area contributed by atoms with Crippen LogP contribution in [0, 0.1) is 54.6 Å². The van der Waals surface area contributed by atoms with E-state index in [0.29, 0.717) is 11.8 Å². The van der Waals surface area contributed by atoms with E-state index in [-0.39, 0.29) is 176 Å². The van der Waals surface area contributed by atoms with Gasteiger partial charge in [-0.25, -0.2) is 9.59 Å². The molecule has 2 bridgehead atoms. The molecule has 812 valence electrons. The van der Waals surface area contributed by atoms with Crippen LogP contribution in [-0.4, -0.2) is 294 Å². The number of hydrogen-bond acceptors (Lipinski definition) is 32. The zero-order valence-electron chi connectivity index (χ0n) is 83.1. The normalized spacial score (nSPS) is 21.1. The van der Waals surface area contributed by atoms with Crippen LogP contribution in [-0.2, 0) is 90.8 Å². The maximum atomic E-state index is 16.0. The van der Waals surface area contributed by atoms with E-state index in [1.165, 1.54) is 76.2 Å². The fourth-order valence-electron chi connectivity index (χ4n) is 17.9. The Bertz CT molecular complexity index is 5310. The van der Waals surface area contributed by atoms with E-state index in [9.17, 15) is 58.2 Å². The summed E-state index contributed by atoms with van der Waals surface area (Å²) < 4.78 is 37.2. The zero-order valence-corrected chi connectivity index (χ0v) is 84.0. The van der Waals surface area contributed by atoms with Crippen molar-refractivity contribution in [2.75, 3.05) is 57.3 Å². The number of guanidine groups is 7. The summed E-state index contributed by atoms with van der Waals surface area (Å²) in [5, 5.41) is 120. The molecule has 7 rings (SSSR count). The SMILES string of the molecule is CC(=O)O[C@H]1C(=O)[C@@]2(C)[C@H]([C@H](OC(=O)c3ccccc3)[C@]3(O)C[C@H](OC(=O)[C@H](OC(=O)CSC[C@H](N)C(=O)N[C@H](CCCNC(=N)N)C(=O)N[C@H](CCCNC(=N)N)C(=O)N[C@H](CCCNC(=N)N)C(=O)N[C@H](CCCNC(=N)N)C(=O)N[C@H](CCCNC(=N)N)C(=O)N[C@H](CCCNC(=N)N)C(=O)N[C@H](CCCNC(=N)N)C(N)=O)[C@@H](NC(=O)c4ccccc4)c4ccccc4)C(C)=C1C3(C)C)[C@]1(OC(C)=O)O[C@@H]1C[C@@H]2O. The van der Waals surface area contributed by atoms with Crippen molar-refractivity contribution in [1.82, 2.24) is 79.8 Å². The molecular formula is C93H141N31O23S. The molecule has 19 atom stereocenters. The molecule has 3 aliphatic carbocycles. The van der Waals surface area contributed by atoms with Crippen LogP contribution in [0.15, 0.2) is 102 Å². The molecule has 54 nitrogen and oxygen atoms in total. The number of primary amides is 1. The largest absolute Gasteiger partial charge is 0.455 e. The molecule has 3 aromatic carbocycles. The highest BCUT2D eigenvalue weighted by atomic mass is 32.2. The van der Waals surface area contributed by atoms with Crippen LogP contribution in [0.1, 0.15) is 177 Å². The van der Waals surface area contributed by atoms with Gasteiger partial charge in [0, 0.05) is 89.2 Å². The first kappa shape index (κ1) is 120. The van der Waals surface area contributed by atoms with E-state index in [1.807, 2.05) is 0 Å². The maximum Gasteiger partial charge on any atom is 0.350 e. The number of epoxide rings is 1. The van der Waals surface area contributed by atoms with E-state index >= 15 is 24.0 Å². The summed E-state index contributed by atoms with van der Waals surface area (Å²) in [5.41, 5.74) is 44.2. The number of carbonyl (C=O) groups is 15. The highest BCUT2D eigenvalue weighted by Gasteiger charge is 2.82. The molecule has 3 fully saturated rings. The number of ketones is 1. The first-order valence-corrected chi connectivity index (χ1v) is 49.1. The van der Waals surface area contributed by atoms with Gasteiger partial charge in [0.15, 0.2) is 53.6 Å². The van der Waals surface area contributed by atoms with Gasteiger partial charge in [0.1, 0.15) is 72.2 Å². The fraction of sp³-hybridized carbons (Fsp3) is 0.548. The van der Waals surface area contributed by atoms with Gasteiger partial charge in [-0.3, -0.25) is 100 Å². The number of Topliss-reactive ketones (excluding diaryl/α,β-unsaturated/α-hetero) is 1. The molecule has 0 spiro atoms. The molecule has 3 aromatic rings. The predicted molar refractivity (Wildman–Crippen MR) is 539 cm³/mol. The van der Waals surface area contributed by atoms with Crippen molar-refractivity contribution < 1.29 is 111 Å². The average Bonchev–Trinajstić information content (AvgIpc) is 1.47. The minimum absolute atomic E-state index is 0.0127. The van der Waals surface area contributed by atoms with Crippen LogP contribution in [0.2, 0.25) is 0 Å². The summed E-state index contributed by atoms with van der Waals surface area (Å²) in [4.78, 5) is 219. The number of aliphatic hydroxyl groups excluding tert-OH is 1. The highest BCUT2D eigenvalue weighted by molar-refractivity contribution is 8.00. The van der Waals surface area contributed by atoms with Crippen LogP contribution in [0.3, 0.4) is 0 Å². The molecule has 55 heteroatoms. The summed E-state index contributed by atoms with van der Waals surface area (Å²) in [6.07, 6.45) is -13.7. The summed E-state index contributed by atoms with van der Waals surface area (Å²) in [6.45, 7) is 7.42. The molecular weight excluding hydrogens is 1950 g/mol. The monoisotopic (exact) mass is 2090 g/mol. The second-order valence-electron chi connectivity index (χ2n) is 36.7. The first-order valence-electron chi connectivity index (χ1n) is 47.9. The Morgan fingerprint density at radius 2 is 0.824 bits per heavy atom. The number of nitrogens with one attached hydrogen (secondary N) is 22. The van der Waals surface area contributed by atoms with Gasteiger partial charge in [0.25, 0.3) is 5.91 Å². The number of amides is 9. The minimum atomic E-state index is -2.68. The third-order valence-electron chi connectivity index (χ3n) is 25.5. The van der Waals surface area contributed by atoms with Crippen LogP contribution in [0.5, 0.6) is 0 Å². The van der Waals surface area contributed by atoms with E-state index in [1.54, 1.807) is 42.5 Å². The number of benzene rings is 3. The number of rotatable bonds is 58. The summed E-state index contributed by atoms with van der Waals surface area (Å²) in [6, 6.07) is 8.49. The van der Waals surface area contributed by atoms with Gasteiger partial charge in [-0.2, -0.15) is 0 Å². The van der Waals surface area contributed by atoms with Crippen molar-refractivity contribution in [2.24, 2.45) is 68.4 Å². The molecule has 0 radical (unpaired) electrons. The number of ether oxygens (including phenoxy) is 6. The van der Waals surface area contributed by atoms with E-state index < -0.39 is 262 Å². The van der Waals surface area contributed by atoms with Crippen molar-refractivity contribution in [2.45, 2.75) is 247 Å². The lowest BCUT2D eigenvalue weighted by Crippen LogP contribution is -2.74. The lowest BCUT2D eigenvalue weighted by atomic mass is 9.47. The lowest BCUT2D eigenvalue weighted by Gasteiger charge is -2.60. The maximum absolute atomic E-state index is 16.0. The van der Waals surface area contributed by atoms with Gasteiger partial charge in [-0.05, 0) is 145 Å². The van der Waals surface area contributed by atoms with E-state index in [4.69, 9.17) is 118 Å². The number of fused-ring (bicyclic) bond motifs is 5. The number of hydrogen-bond donors (Lipinski definition) is 33. The Balaban J connectivity index is 1.19. The van der Waals surface area contributed by atoms with Crippen LogP contribution in [0.4, 0.5) is 0 Å². The third-order valence-corrected chi connectivity index (χ3v) is 26.5. The average molecular weight is 2090 g/mol. The molecule has 148 heavy (non-hydrogen) atoms. The lowest BCUT2D eigenvalue weighted by molar-refractivity contribution is -0.252. The van der Waals surface area contributed by atoms with Crippen molar-refractivity contribution in [1.29, 1.82) is 37.9 Å². The molecule has 1 aliphatic heterocycles. The van der Waals surface area contributed by atoms with Crippen molar-refractivity contribution in [3.8, 4) is 0 Å². The summed E-state index contributed by atoms with van der Waals surface area (Å²) >= 11 is 0.674. The van der Waals surface area contributed by atoms with Gasteiger partial charge in [0.05, 0.1) is 34.8 Å². The summed E-state index contributed by atoms with van der Waals surface area (Å²) in [5.74, 6) is -24.1. The van der Waals surface area contributed by atoms with E-state index in [2.05, 4.69) is 79.8 Å². The molecule has 1 saturated heterocycles. The third kappa shape index (κ3) is 34.7. The van der Waals surface area contributed by atoms with Crippen LogP contribution < -0.4 is 131 Å². The quantitative estimate of drug-likeness (QED) is 0.00476. The van der Waals surface area contributed by atoms with Crippen molar-refractivity contribution in [3.63, 3.8) is 0 Å². The van der Waals surface area contributed by atoms with Gasteiger partial charge in [0.2, 0.25) is 59.1 Å². The predicted octanol–water partition coefficient (Wildman–Crippen LogP) is -5.97. The van der Waals surface area contributed by atoms with Gasteiger partial charge in [-0.1, -0.05) is 80.6 Å². The Morgan fingerprint density at radius 1 is 0.473 bits per heavy atom. The van der Waals surface area contributed by atoms with Gasteiger partial charge >= 0.3 is 29.8 Å². The van der Waals surface area contributed by atoms with Gasteiger partial charge in [-0.15, -0.1) is 11.8 Å². The Kier molecular flexibility index (Phi) is 45.6. The first-order chi connectivity index (χ1) is 69.9. The number of nitrogens with two attached hydrogens (primary N) is 9. The molecule has 1 heterocycles. The fourth-order valence-corrected chi connectivity index (χ4v) is 18.6. The summed E-state index contributed by atoms with van der Waals surface area (Å²) in [7, 11) is 0. The second kappa shape index (κ2) is 56.4. The molecule has 2 saturated carbocycles. The topological polar surface area (TPSA) is 937 Å². The van der Waals surface area contributed by atoms with Crippen molar-refractivity contribution >= 4 is 142 Å². The Morgan fingerprint density at radius 3 is 1.18 bits per heavy atom. The Labute approximate surface area is 857 Å². The molecule has 0 aromatic heterocycles. The number of thioether (sulfide) groups is 1. The van der Waals surface area contributed by atoms with E-state index in [0.717, 1.165) is 13.8 Å². The zero-order chi connectivity index (χ0) is 110. The minimum Gasteiger partial charge on any atom is -0.455 e. The molecule has 9 amide bonds. The van der Waals surface area contributed by atoms with Crippen LogP contribution >= 0.6 is 11.8 Å².